The molecule has 1 aromatic carbocycles. The third-order valence-electron chi connectivity index (χ3n) is 12.8. The molecule has 52 heavy (non-hydrogen) atoms. The van der Waals surface area contributed by atoms with Crippen molar-refractivity contribution in [3.05, 3.63) is 76.3 Å². The highest BCUT2D eigenvalue weighted by atomic mass is 32.2. The van der Waals surface area contributed by atoms with E-state index in [4.69, 9.17) is 14.2 Å². The molecule has 2 saturated carbocycles. The number of aromatic nitrogens is 3. The Morgan fingerprint density at radius 3 is 2.46 bits per heavy atom. The predicted molar refractivity (Wildman–Crippen MR) is 193 cm³/mol. The van der Waals surface area contributed by atoms with Gasteiger partial charge in [-0.2, -0.15) is 5.10 Å². The molecule has 2 amide bonds. The van der Waals surface area contributed by atoms with Gasteiger partial charge in [0.25, 0.3) is 11.8 Å². The Balaban J connectivity index is 1.12. The smallest absolute Gasteiger partial charge is 0.264 e. The molecule has 1 N–H and O–H groups in total. The van der Waals surface area contributed by atoms with Gasteiger partial charge in [-0.05, 0) is 60.4 Å². The van der Waals surface area contributed by atoms with Gasteiger partial charge in [0.05, 0.1) is 54.3 Å². The van der Waals surface area contributed by atoms with Crippen LogP contribution in [0.3, 0.4) is 0 Å². The van der Waals surface area contributed by atoms with Gasteiger partial charge in [-0.3, -0.25) is 14.3 Å². The molecular weight excluding hydrogens is 683 g/mol. The predicted octanol–water partition coefficient (Wildman–Crippen LogP) is 4.81. The Labute approximate surface area is 302 Å². The second-order valence-electron chi connectivity index (χ2n) is 15.5. The SMILES string of the molecule is COC1C=CC2=C(C=C(c3c(C(=O)N4C5COC56OCC46)cnn3C)Cn3c2c(C2CCCCC2)c2ccc(C(=O)NS(=O)(=O)C4CCC4)cc23)C1. The third kappa shape index (κ3) is 4.61. The molecular formula is C39H43N5O7S. The molecule has 3 aliphatic carbocycles. The van der Waals surface area contributed by atoms with Crippen molar-refractivity contribution >= 4 is 43.9 Å². The van der Waals surface area contributed by atoms with Crippen molar-refractivity contribution in [2.24, 2.45) is 7.05 Å². The summed E-state index contributed by atoms with van der Waals surface area (Å²) in [5.41, 5.74) is 8.00. The second-order valence-corrected chi connectivity index (χ2v) is 17.5. The maximum Gasteiger partial charge on any atom is 0.264 e. The Hall–Kier alpha value is -4.04. The van der Waals surface area contributed by atoms with Crippen molar-refractivity contribution in [2.45, 2.75) is 99.5 Å². The maximum atomic E-state index is 14.3. The number of morpholine rings is 2. The number of nitrogens with zero attached hydrogens (tertiary/aromatic N) is 4. The summed E-state index contributed by atoms with van der Waals surface area (Å²) in [6.07, 6.45) is 16.4. The fourth-order valence-electron chi connectivity index (χ4n) is 9.71. The lowest BCUT2D eigenvalue weighted by Gasteiger charge is -2.73. The topological polar surface area (TPSA) is 134 Å². The summed E-state index contributed by atoms with van der Waals surface area (Å²) in [7, 11) is -0.157. The Bertz CT molecular complexity index is 2240. The monoisotopic (exact) mass is 725 g/mol. The molecule has 12 nitrogen and oxygen atoms in total. The van der Waals surface area contributed by atoms with Crippen LogP contribution in [0.1, 0.15) is 101 Å². The van der Waals surface area contributed by atoms with E-state index < -0.39 is 27.0 Å². The molecule has 3 saturated heterocycles. The quantitative estimate of drug-likeness (QED) is 0.367. The summed E-state index contributed by atoms with van der Waals surface area (Å²) in [4.78, 5) is 29.8. The number of carbonyl (C=O) groups is 2. The highest BCUT2D eigenvalue weighted by Crippen LogP contribution is 2.55. The number of ether oxygens (including phenoxy) is 3. The van der Waals surface area contributed by atoms with Crippen LogP contribution in [0, 0.1) is 0 Å². The molecule has 3 atom stereocenters. The van der Waals surface area contributed by atoms with E-state index in [1.165, 1.54) is 12.0 Å². The van der Waals surface area contributed by atoms with Gasteiger partial charge in [-0.1, -0.05) is 50.0 Å². The normalized spacial score (nSPS) is 28.3. The van der Waals surface area contributed by atoms with Gasteiger partial charge in [0.1, 0.15) is 12.1 Å². The number of rotatable bonds is 7. The standard InChI is InChI=1S/C39H43N5O7S/c1-42-35(30(18-40-42)38(46)44-32-20-50-39(32)33(44)21-51-39)25-15-24-16-26(49-2)12-14-28(24)36-34(22-7-4-3-5-8-22)29-13-11-23(17-31(29)43(36)19-25)37(45)41-52(47,48)27-9-6-10-27/h11-15,17-18,22,26-27,32-33H,3-10,16,19-21H2,1-2H3,(H,41,45). The first-order chi connectivity index (χ1) is 25.2. The number of methoxy groups -OCH3 is 1. The molecule has 3 unspecified atom stereocenters. The first-order valence-electron chi connectivity index (χ1n) is 18.7. The van der Waals surface area contributed by atoms with Gasteiger partial charge in [0, 0.05) is 42.6 Å². The molecule has 0 radical (unpaired) electrons. The van der Waals surface area contributed by atoms with E-state index in [2.05, 4.69) is 32.6 Å². The molecule has 272 valence electrons. The van der Waals surface area contributed by atoms with Crippen molar-refractivity contribution < 1.29 is 32.2 Å². The molecule has 7 aliphatic rings. The molecule has 4 aliphatic heterocycles. The fourth-order valence-corrected chi connectivity index (χ4v) is 11.2. The van der Waals surface area contributed by atoms with E-state index in [-0.39, 0.29) is 24.1 Å². The number of nitrogens with one attached hydrogen (secondary N) is 1. The number of hydrogen-bond acceptors (Lipinski definition) is 8. The van der Waals surface area contributed by atoms with Crippen LogP contribution < -0.4 is 4.72 Å². The van der Waals surface area contributed by atoms with Crippen molar-refractivity contribution in [1.82, 2.24) is 24.0 Å². The fraction of sp³-hybridized carbons (Fsp3) is 0.513. The van der Waals surface area contributed by atoms with E-state index in [1.54, 1.807) is 24.1 Å². The van der Waals surface area contributed by atoms with Crippen LogP contribution >= 0.6 is 0 Å². The molecule has 2 aromatic heterocycles. The lowest BCUT2D eigenvalue weighted by Crippen LogP contribution is -2.93. The molecule has 6 heterocycles. The summed E-state index contributed by atoms with van der Waals surface area (Å²) >= 11 is 0. The van der Waals surface area contributed by atoms with Crippen LogP contribution in [-0.4, -0.2) is 89.0 Å². The van der Waals surface area contributed by atoms with E-state index in [0.29, 0.717) is 56.1 Å². The number of sulfonamides is 1. The highest BCUT2D eigenvalue weighted by Gasteiger charge is 2.76. The molecule has 3 aromatic rings. The Kier molecular flexibility index (Phi) is 7.35. The van der Waals surface area contributed by atoms with Gasteiger partial charge in [-0.25, -0.2) is 13.1 Å². The number of amides is 2. The van der Waals surface area contributed by atoms with Crippen LogP contribution in [0.15, 0.2) is 48.2 Å². The highest BCUT2D eigenvalue weighted by molar-refractivity contribution is 7.90. The molecule has 13 heteroatoms. The zero-order chi connectivity index (χ0) is 35.5. The zero-order valence-corrected chi connectivity index (χ0v) is 30.3. The van der Waals surface area contributed by atoms with Gasteiger partial charge in [0.2, 0.25) is 15.8 Å². The second kappa shape index (κ2) is 11.7. The van der Waals surface area contributed by atoms with Crippen LogP contribution in [0.5, 0.6) is 0 Å². The van der Waals surface area contributed by atoms with Crippen LogP contribution in [0.4, 0.5) is 0 Å². The minimum Gasteiger partial charge on any atom is -0.377 e. The molecule has 1 spiro atoms. The first kappa shape index (κ1) is 32.6. The zero-order valence-electron chi connectivity index (χ0n) is 29.5. The summed E-state index contributed by atoms with van der Waals surface area (Å²) < 4.78 is 49.8. The van der Waals surface area contributed by atoms with Crippen molar-refractivity contribution in [3.63, 3.8) is 0 Å². The summed E-state index contributed by atoms with van der Waals surface area (Å²) in [5, 5.41) is 5.18. The van der Waals surface area contributed by atoms with E-state index in [9.17, 15) is 18.0 Å². The van der Waals surface area contributed by atoms with Crippen molar-refractivity contribution in [3.8, 4) is 0 Å². The van der Waals surface area contributed by atoms with Gasteiger partial charge >= 0.3 is 0 Å². The minimum absolute atomic E-state index is 0.0786. The number of aryl methyl sites for hydroxylation is 1. The number of carbonyl (C=O) groups excluding carboxylic acids is 2. The molecule has 5 fully saturated rings. The Morgan fingerprint density at radius 1 is 1.02 bits per heavy atom. The number of likely N-dealkylation sites (tertiary alicyclic amines) is 1. The van der Waals surface area contributed by atoms with Crippen molar-refractivity contribution in [1.29, 1.82) is 0 Å². The first-order valence-corrected chi connectivity index (χ1v) is 20.2. The average molecular weight is 726 g/mol. The number of hydrogen-bond donors (Lipinski definition) is 1. The lowest BCUT2D eigenvalue weighted by molar-refractivity contribution is -0.487. The summed E-state index contributed by atoms with van der Waals surface area (Å²) in [6, 6.07) is 5.45. The summed E-state index contributed by atoms with van der Waals surface area (Å²) in [5.74, 6) is -0.980. The van der Waals surface area contributed by atoms with E-state index in [1.807, 2.05) is 24.1 Å². The molecule has 0 bridgehead atoms. The largest absolute Gasteiger partial charge is 0.377 e. The molecule has 10 rings (SSSR count). The minimum atomic E-state index is -3.76. The summed E-state index contributed by atoms with van der Waals surface area (Å²) in [6.45, 7) is 1.34. The van der Waals surface area contributed by atoms with Gasteiger partial charge in [-0.15, -0.1) is 0 Å². The number of benzene rings is 1. The van der Waals surface area contributed by atoms with Gasteiger partial charge in [0.15, 0.2) is 0 Å². The number of allylic oxidation sites excluding steroid dienone is 4. The van der Waals surface area contributed by atoms with E-state index >= 15 is 0 Å². The van der Waals surface area contributed by atoms with Crippen LogP contribution in [0.25, 0.3) is 22.0 Å². The Morgan fingerprint density at radius 2 is 1.79 bits per heavy atom. The van der Waals surface area contributed by atoms with Crippen LogP contribution in [-0.2, 0) is 37.8 Å². The maximum absolute atomic E-state index is 14.3. The van der Waals surface area contributed by atoms with Crippen LogP contribution in [0.2, 0.25) is 0 Å². The van der Waals surface area contributed by atoms with Gasteiger partial charge < -0.3 is 23.7 Å². The van der Waals surface area contributed by atoms with Crippen molar-refractivity contribution in [2.75, 3.05) is 20.3 Å². The third-order valence-corrected chi connectivity index (χ3v) is 14.6. The van der Waals surface area contributed by atoms with E-state index in [0.717, 1.165) is 71.1 Å². The average Bonchev–Trinajstić information content (AvgIpc) is 3.57. The lowest BCUT2D eigenvalue weighted by atomic mass is 9.76. The number of fused-ring (bicyclic) bond motifs is 4.